The van der Waals surface area contributed by atoms with Crippen LogP contribution in [0.15, 0.2) is 55.1 Å². The lowest BCUT2D eigenvalue weighted by Crippen LogP contribution is -2.41. The second-order valence-corrected chi connectivity index (χ2v) is 9.21. The standard InChI is InChI=1S/C27H32N8O/c1-4-19(2)26-28-27-24(17-34(14-7-15-36)18-33(27)3)35(26)16-20-10-12-21(13-11-20)22-8-5-6-9-23(22)25-29-31-32-30-25/h5-6,8-13,36H,2,4,7,14-18H2,1,3H3,(H,29,30,31,32). The summed E-state index contributed by atoms with van der Waals surface area (Å²) in [6, 6.07) is 16.8. The number of nitrogens with one attached hydrogen (secondary N) is 1. The average molecular weight is 485 g/mol. The van der Waals surface area contributed by atoms with Crippen LogP contribution in [0.25, 0.3) is 28.1 Å². The van der Waals surface area contributed by atoms with Crippen LogP contribution in [0, 0.1) is 0 Å². The number of aromatic amines is 1. The largest absolute Gasteiger partial charge is 0.396 e. The quantitative estimate of drug-likeness (QED) is 0.373. The number of nitrogens with zero attached hydrogens (tertiary/aromatic N) is 7. The van der Waals surface area contributed by atoms with E-state index in [2.05, 4.69) is 85.9 Å². The van der Waals surface area contributed by atoms with Crippen LogP contribution in [0.3, 0.4) is 0 Å². The maximum atomic E-state index is 9.31. The van der Waals surface area contributed by atoms with Crippen LogP contribution >= 0.6 is 0 Å². The SMILES string of the molecule is C=C(CC)c1nc2c(n1Cc1ccc(-c3ccccc3-c3nnn[nH]3)cc1)CN(CCCO)CN2C. The molecule has 0 atom stereocenters. The zero-order valence-electron chi connectivity index (χ0n) is 20.9. The summed E-state index contributed by atoms with van der Waals surface area (Å²) < 4.78 is 2.31. The Morgan fingerprint density at radius 3 is 2.58 bits per heavy atom. The van der Waals surface area contributed by atoms with Crippen LogP contribution in [-0.4, -0.2) is 67.0 Å². The summed E-state index contributed by atoms with van der Waals surface area (Å²) in [4.78, 5) is 9.56. The van der Waals surface area contributed by atoms with Gasteiger partial charge in [0.2, 0.25) is 0 Å². The van der Waals surface area contributed by atoms with Crippen molar-refractivity contribution < 1.29 is 5.11 Å². The third kappa shape index (κ3) is 4.67. The molecule has 2 N–H and O–H groups in total. The number of aliphatic hydroxyl groups excluding tert-OH is 1. The van der Waals surface area contributed by atoms with E-state index in [9.17, 15) is 5.11 Å². The molecule has 1 aliphatic rings. The lowest BCUT2D eigenvalue weighted by atomic mass is 9.98. The molecule has 0 saturated heterocycles. The van der Waals surface area contributed by atoms with Crippen molar-refractivity contribution in [2.45, 2.75) is 32.9 Å². The Morgan fingerprint density at radius 2 is 1.89 bits per heavy atom. The highest BCUT2D eigenvalue weighted by molar-refractivity contribution is 5.80. The number of anilines is 1. The average Bonchev–Trinajstić information content (AvgIpc) is 3.57. The molecule has 0 bridgehead atoms. The first-order chi connectivity index (χ1) is 17.6. The maximum Gasteiger partial charge on any atom is 0.180 e. The van der Waals surface area contributed by atoms with Crippen LogP contribution in [0.2, 0.25) is 0 Å². The van der Waals surface area contributed by atoms with Crippen LogP contribution in [0.1, 0.15) is 36.8 Å². The molecule has 2 aromatic carbocycles. The van der Waals surface area contributed by atoms with Gasteiger partial charge in [-0.15, -0.1) is 5.10 Å². The molecule has 0 spiro atoms. The van der Waals surface area contributed by atoms with Gasteiger partial charge in [-0.1, -0.05) is 62.0 Å². The minimum atomic E-state index is 0.201. The number of hydrogen-bond acceptors (Lipinski definition) is 7. The minimum absolute atomic E-state index is 0.201. The number of allylic oxidation sites excluding steroid dienone is 1. The lowest BCUT2D eigenvalue weighted by Gasteiger charge is -2.34. The van der Waals surface area contributed by atoms with E-state index in [4.69, 9.17) is 4.98 Å². The second-order valence-electron chi connectivity index (χ2n) is 9.21. The first-order valence-corrected chi connectivity index (χ1v) is 12.3. The Labute approximate surface area is 211 Å². The molecule has 0 amide bonds. The third-order valence-corrected chi connectivity index (χ3v) is 6.71. The summed E-state index contributed by atoms with van der Waals surface area (Å²) in [7, 11) is 2.08. The fourth-order valence-electron chi connectivity index (χ4n) is 4.79. The van der Waals surface area contributed by atoms with Gasteiger partial charge in [0.15, 0.2) is 11.6 Å². The molecule has 4 aromatic rings. The first kappa shape index (κ1) is 23.9. The Hall–Kier alpha value is -3.82. The zero-order chi connectivity index (χ0) is 25.1. The number of tetrazole rings is 1. The van der Waals surface area contributed by atoms with Crippen molar-refractivity contribution in [1.29, 1.82) is 0 Å². The van der Waals surface area contributed by atoms with Gasteiger partial charge < -0.3 is 14.6 Å². The molecule has 1 aliphatic heterocycles. The van der Waals surface area contributed by atoms with Crippen molar-refractivity contribution in [2.24, 2.45) is 0 Å². The Kier molecular flexibility index (Phi) is 6.92. The topological polar surface area (TPSA) is 99.0 Å². The fraction of sp³-hybridized carbons (Fsp3) is 0.333. The summed E-state index contributed by atoms with van der Waals surface area (Å²) in [5.41, 5.74) is 6.56. The molecule has 0 unspecified atom stereocenters. The summed E-state index contributed by atoms with van der Waals surface area (Å²) in [5, 5.41) is 23.7. The van der Waals surface area contributed by atoms with Gasteiger partial charge in [-0.25, -0.2) is 10.1 Å². The van der Waals surface area contributed by atoms with Gasteiger partial charge >= 0.3 is 0 Å². The molecule has 3 heterocycles. The van der Waals surface area contributed by atoms with E-state index in [-0.39, 0.29) is 6.61 Å². The molecule has 9 heteroatoms. The molecule has 0 fully saturated rings. The number of H-pyrrole nitrogens is 1. The van der Waals surface area contributed by atoms with Crippen molar-refractivity contribution >= 4 is 11.4 Å². The van der Waals surface area contributed by atoms with Gasteiger partial charge in [-0.2, -0.15) is 0 Å². The molecule has 0 saturated carbocycles. The van der Waals surface area contributed by atoms with Gasteiger partial charge in [-0.3, -0.25) is 4.90 Å². The summed E-state index contributed by atoms with van der Waals surface area (Å²) >= 11 is 0. The van der Waals surface area contributed by atoms with Gasteiger partial charge in [0.1, 0.15) is 5.82 Å². The smallest absolute Gasteiger partial charge is 0.180 e. The molecule has 0 aliphatic carbocycles. The van der Waals surface area contributed by atoms with Gasteiger partial charge in [0.05, 0.1) is 12.4 Å². The fourth-order valence-corrected chi connectivity index (χ4v) is 4.79. The summed E-state index contributed by atoms with van der Waals surface area (Å²) in [5.74, 6) is 2.62. The predicted molar refractivity (Wildman–Crippen MR) is 141 cm³/mol. The van der Waals surface area contributed by atoms with Gasteiger partial charge in [0, 0.05) is 38.9 Å². The molecule has 2 aromatic heterocycles. The summed E-state index contributed by atoms with van der Waals surface area (Å²) in [6.07, 6.45) is 1.61. The normalized spacial score (nSPS) is 13.7. The van der Waals surface area contributed by atoms with E-state index in [1.807, 2.05) is 18.2 Å². The maximum absolute atomic E-state index is 9.31. The molecular weight excluding hydrogens is 452 g/mol. The molecule has 36 heavy (non-hydrogen) atoms. The second kappa shape index (κ2) is 10.4. The zero-order valence-corrected chi connectivity index (χ0v) is 20.9. The van der Waals surface area contributed by atoms with Crippen molar-refractivity contribution in [1.82, 2.24) is 35.1 Å². The van der Waals surface area contributed by atoms with Crippen molar-refractivity contribution in [3.8, 4) is 22.5 Å². The number of benzene rings is 2. The minimum Gasteiger partial charge on any atom is -0.396 e. The predicted octanol–water partition coefficient (Wildman–Crippen LogP) is 3.79. The molecule has 9 nitrogen and oxygen atoms in total. The molecule has 186 valence electrons. The van der Waals surface area contributed by atoms with Crippen molar-refractivity contribution in [2.75, 3.05) is 31.8 Å². The Bertz CT molecular complexity index is 1330. The number of fused-ring (bicyclic) bond motifs is 1. The monoisotopic (exact) mass is 484 g/mol. The van der Waals surface area contributed by atoms with E-state index in [0.717, 1.165) is 66.5 Å². The Balaban J connectivity index is 1.46. The third-order valence-electron chi connectivity index (χ3n) is 6.71. The van der Waals surface area contributed by atoms with E-state index in [1.54, 1.807) is 0 Å². The number of hydrogen-bond donors (Lipinski definition) is 2. The van der Waals surface area contributed by atoms with Crippen LogP contribution in [0.4, 0.5) is 5.82 Å². The van der Waals surface area contributed by atoms with E-state index in [0.29, 0.717) is 12.4 Å². The van der Waals surface area contributed by atoms with Crippen LogP contribution < -0.4 is 4.90 Å². The first-order valence-electron chi connectivity index (χ1n) is 12.3. The lowest BCUT2D eigenvalue weighted by molar-refractivity contribution is 0.210. The van der Waals surface area contributed by atoms with Gasteiger partial charge in [0.25, 0.3) is 0 Å². The number of aromatic nitrogens is 6. The number of rotatable bonds is 9. The van der Waals surface area contributed by atoms with E-state index in [1.165, 1.54) is 11.3 Å². The van der Waals surface area contributed by atoms with Crippen molar-refractivity contribution in [3.05, 3.63) is 72.2 Å². The molecule has 0 radical (unpaired) electrons. The molecule has 5 rings (SSSR count). The van der Waals surface area contributed by atoms with E-state index < -0.39 is 0 Å². The highest BCUT2D eigenvalue weighted by atomic mass is 16.3. The Morgan fingerprint density at radius 1 is 1.11 bits per heavy atom. The van der Waals surface area contributed by atoms with E-state index >= 15 is 0 Å². The van der Waals surface area contributed by atoms with Crippen LogP contribution in [-0.2, 0) is 13.1 Å². The highest BCUT2D eigenvalue weighted by Gasteiger charge is 2.27. The number of imidazole rings is 1. The number of aliphatic hydroxyl groups is 1. The van der Waals surface area contributed by atoms with Crippen molar-refractivity contribution in [3.63, 3.8) is 0 Å². The van der Waals surface area contributed by atoms with Crippen LogP contribution in [0.5, 0.6) is 0 Å². The summed E-state index contributed by atoms with van der Waals surface area (Å²) in [6.45, 7) is 9.80. The van der Waals surface area contributed by atoms with Gasteiger partial charge in [-0.05, 0) is 45.5 Å². The highest BCUT2D eigenvalue weighted by Crippen LogP contribution is 2.32. The molecular formula is C27H32N8O.